The molecule has 0 aliphatic carbocycles. The zero-order valence-electron chi connectivity index (χ0n) is 12.3. The minimum Gasteiger partial charge on any atom is -0.444 e. The summed E-state index contributed by atoms with van der Waals surface area (Å²) in [4.78, 5) is 16.2. The van der Waals surface area contributed by atoms with E-state index in [-0.39, 0.29) is 6.09 Å². The van der Waals surface area contributed by atoms with E-state index in [1.54, 1.807) is 4.90 Å². The van der Waals surface area contributed by atoms with Gasteiger partial charge in [0.05, 0.1) is 0 Å². The first-order chi connectivity index (χ1) is 8.24. The molecule has 5 nitrogen and oxygen atoms in total. The van der Waals surface area contributed by atoms with Crippen LogP contribution in [0.25, 0.3) is 0 Å². The number of nitrogens with two attached hydrogens (primary N) is 1. The van der Waals surface area contributed by atoms with Crippen LogP contribution in [0.15, 0.2) is 0 Å². The highest BCUT2D eigenvalue weighted by Gasteiger charge is 2.33. The molecule has 2 N–H and O–H groups in total. The fourth-order valence-corrected chi connectivity index (χ4v) is 2.42. The quantitative estimate of drug-likeness (QED) is 0.809. The molecule has 1 aliphatic heterocycles. The fourth-order valence-electron chi connectivity index (χ4n) is 2.42. The molecule has 1 aliphatic rings. The van der Waals surface area contributed by atoms with Crippen LogP contribution >= 0.6 is 0 Å². The van der Waals surface area contributed by atoms with Gasteiger partial charge in [-0.05, 0) is 34.6 Å². The maximum absolute atomic E-state index is 12.0. The van der Waals surface area contributed by atoms with Gasteiger partial charge >= 0.3 is 6.09 Å². The van der Waals surface area contributed by atoms with Gasteiger partial charge in [0, 0.05) is 38.3 Å². The lowest BCUT2D eigenvalue weighted by molar-refractivity contribution is -0.00668. The average molecular weight is 257 g/mol. The van der Waals surface area contributed by atoms with E-state index in [2.05, 4.69) is 18.7 Å². The Morgan fingerprint density at radius 3 is 2.17 bits per heavy atom. The number of nitrogens with zero attached hydrogens (tertiary/aromatic N) is 2. The second-order valence-corrected chi connectivity index (χ2v) is 6.11. The van der Waals surface area contributed by atoms with E-state index in [1.807, 2.05) is 20.8 Å². The lowest BCUT2D eigenvalue weighted by Crippen LogP contribution is -2.59. The third-order valence-electron chi connectivity index (χ3n) is 3.14. The highest BCUT2D eigenvalue weighted by atomic mass is 16.6. The van der Waals surface area contributed by atoms with Crippen molar-refractivity contribution in [2.75, 3.05) is 26.2 Å². The van der Waals surface area contributed by atoms with E-state index >= 15 is 0 Å². The number of ether oxygens (including phenoxy) is 1. The summed E-state index contributed by atoms with van der Waals surface area (Å²) in [5, 5.41) is 0. The van der Waals surface area contributed by atoms with E-state index in [0.717, 1.165) is 6.54 Å². The van der Waals surface area contributed by atoms with Crippen LogP contribution < -0.4 is 5.73 Å². The highest BCUT2D eigenvalue weighted by molar-refractivity contribution is 5.68. The SMILES string of the molecule is C[C@@H]1CN(C(=O)OC(C)(C)C)C[C@H](C)N1CCN. The highest BCUT2D eigenvalue weighted by Crippen LogP contribution is 2.18. The van der Waals surface area contributed by atoms with Crippen LogP contribution in [-0.2, 0) is 4.74 Å². The topological polar surface area (TPSA) is 58.8 Å². The lowest BCUT2D eigenvalue weighted by Gasteiger charge is -2.44. The third-order valence-corrected chi connectivity index (χ3v) is 3.14. The van der Waals surface area contributed by atoms with Gasteiger partial charge in [0.2, 0.25) is 0 Å². The Kier molecular flexibility index (Phi) is 4.99. The largest absolute Gasteiger partial charge is 0.444 e. The predicted molar refractivity (Wildman–Crippen MR) is 72.5 cm³/mol. The van der Waals surface area contributed by atoms with Crippen LogP contribution in [0, 0.1) is 0 Å². The lowest BCUT2D eigenvalue weighted by atomic mass is 10.1. The number of carbonyl (C=O) groups is 1. The Bertz CT molecular complexity index is 276. The molecule has 1 fully saturated rings. The van der Waals surface area contributed by atoms with Crippen molar-refractivity contribution in [3.8, 4) is 0 Å². The molecule has 0 spiro atoms. The van der Waals surface area contributed by atoms with E-state index in [9.17, 15) is 4.79 Å². The number of rotatable bonds is 2. The van der Waals surface area contributed by atoms with Gasteiger partial charge in [0.15, 0.2) is 0 Å². The molecule has 1 amide bonds. The summed E-state index contributed by atoms with van der Waals surface area (Å²) in [5.74, 6) is 0. The van der Waals surface area contributed by atoms with Gasteiger partial charge in [-0.2, -0.15) is 0 Å². The number of hydrogen-bond donors (Lipinski definition) is 1. The van der Waals surface area contributed by atoms with Crippen molar-refractivity contribution in [2.24, 2.45) is 5.73 Å². The Labute approximate surface area is 110 Å². The van der Waals surface area contributed by atoms with Crippen LogP contribution in [0.3, 0.4) is 0 Å². The standard InChI is InChI=1S/C13H27N3O2/c1-10-8-15(12(17)18-13(3,4)5)9-11(2)16(10)7-6-14/h10-11H,6-9,14H2,1-5H3/t10-,11+. The van der Waals surface area contributed by atoms with Gasteiger partial charge in [-0.15, -0.1) is 0 Å². The van der Waals surface area contributed by atoms with Crippen molar-refractivity contribution in [1.82, 2.24) is 9.80 Å². The summed E-state index contributed by atoms with van der Waals surface area (Å²) in [6, 6.07) is 0.648. The maximum atomic E-state index is 12.0. The first-order valence-corrected chi connectivity index (χ1v) is 6.68. The zero-order chi connectivity index (χ0) is 13.9. The second kappa shape index (κ2) is 5.89. The molecule has 0 radical (unpaired) electrons. The van der Waals surface area contributed by atoms with Gasteiger partial charge in [-0.1, -0.05) is 0 Å². The summed E-state index contributed by atoms with van der Waals surface area (Å²) in [5.41, 5.74) is 5.18. The van der Waals surface area contributed by atoms with Crippen LogP contribution in [0.2, 0.25) is 0 Å². The summed E-state index contributed by atoms with van der Waals surface area (Å²) in [6.45, 7) is 12.9. The summed E-state index contributed by atoms with van der Waals surface area (Å²) >= 11 is 0. The van der Waals surface area contributed by atoms with Crippen molar-refractivity contribution >= 4 is 6.09 Å². The Balaban J connectivity index is 2.59. The predicted octanol–water partition coefficient (Wildman–Crippen LogP) is 1.27. The van der Waals surface area contributed by atoms with Crippen LogP contribution in [0.5, 0.6) is 0 Å². The summed E-state index contributed by atoms with van der Waals surface area (Å²) in [7, 11) is 0. The maximum Gasteiger partial charge on any atom is 0.410 e. The molecule has 1 heterocycles. The number of carbonyl (C=O) groups excluding carboxylic acids is 1. The molecule has 2 atom stereocenters. The van der Waals surface area contributed by atoms with Crippen molar-refractivity contribution in [1.29, 1.82) is 0 Å². The van der Waals surface area contributed by atoms with Gasteiger partial charge in [-0.25, -0.2) is 4.79 Å². The fraction of sp³-hybridized carbons (Fsp3) is 0.923. The van der Waals surface area contributed by atoms with E-state index in [0.29, 0.717) is 31.7 Å². The van der Waals surface area contributed by atoms with Crippen molar-refractivity contribution in [2.45, 2.75) is 52.3 Å². The molecular formula is C13H27N3O2. The minimum atomic E-state index is -0.433. The average Bonchev–Trinajstić information content (AvgIpc) is 2.20. The van der Waals surface area contributed by atoms with Gasteiger partial charge in [0.25, 0.3) is 0 Å². The molecule has 0 unspecified atom stereocenters. The minimum absolute atomic E-state index is 0.214. The number of amides is 1. The Hall–Kier alpha value is -0.810. The molecule has 0 bridgehead atoms. The van der Waals surface area contributed by atoms with Crippen molar-refractivity contribution in [3.63, 3.8) is 0 Å². The molecule has 1 rings (SSSR count). The summed E-state index contributed by atoms with van der Waals surface area (Å²) < 4.78 is 5.41. The molecule has 5 heteroatoms. The monoisotopic (exact) mass is 257 g/mol. The first-order valence-electron chi connectivity index (χ1n) is 6.68. The Morgan fingerprint density at radius 1 is 1.28 bits per heavy atom. The molecule has 0 aromatic carbocycles. The molecule has 0 aromatic rings. The van der Waals surface area contributed by atoms with Gasteiger partial charge < -0.3 is 15.4 Å². The van der Waals surface area contributed by atoms with Crippen molar-refractivity contribution < 1.29 is 9.53 Å². The Morgan fingerprint density at radius 2 is 1.78 bits per heavy atom. The normalized spacial score (nSPS) is 26.2. The molecular weight excluding hydrogens is 230 g/mol. The smallest absolute Gasteiger partial charge is 0.410 e. The van der Waals surface area contributed by atoms with Crippen LogP contribution in [0.4, 0.5) is 4.79 Å². The summed E-state index contributed by atoms with van der Waals surface area (Å²) in [6.07, 6.45) is -0.214. The zero-order valence-corrected chi connectivity index (χ0v) is 12.3. The van der Waals surface area contributed by atoms with Gasteiger partial charge in [0.1, 0.15) is 5.60 Å². The van der Waals surface area contributed by atoms with Crippen molar-refractivity contribution in [3.05, 3.63) is 0 Å². The molecule has 18 heavy (non-hydrogen) atoms. The number of hydrogen-bond acceptors (Lipinski definition) is 4. The molecule has 0 saturated carbocycles. The van der Waals surface area contributed by atoms with E-state index in [1.165, 1.54) is 0 Å². The second-order valence-electron chi connectivity index (χ2n) is 6.11. The third kappa shape index (κ3) is 4.14. The van der Waals surface area contributed by atoms with Crippen LogP contribution in [-0.4, -0.2) is 59.8 Å². The van der Waals surface area contributed by atoms with E-state index < -0.39 is 5.60 Å². The molecule has 106 valence electrons. The van der Waals surface area contributed by atoms with E-state index in [4.69, 9.17) is 10.5 Å². The first kappa shape index (κ1) is 15.2. The molecule has 1 saturated heterocycles. The van der Waals surface area contributed by atoms with Crippen LogP contribution in [0.1, 0.15) is 34.6 Å². The van der Waals surface area contributed by atoms with Gasteiger partial charge in [-0.3, -0.25) is 4.90 Å². The number of piperazine rings is 1. The molecule has 0 aromatic heterocycles.